The van der Waals surface area contributed by atoms with Crippen LogP contribution in [0.4, 0.5) is 0 Å². The van der Waals surface area contributed by atoms with Gasteiger partial charge >= 0.3 is 5.97 Å². The molecule has 0 bridgehead atoms. The van der Waals surface area contributed by atoms with Crippen LogP contribution in [0.5, 0.6) is 0 Å². The molecule has 6 unspecified atom stereocenters. The van der Waals surface area contributed by atoms with Crippen molar-refractivity contribution >= 4 is 5.97 Å². The number of ether oxygens (including phenoxy) is 1. The fraction of sp³-hybridized carbons (Fsp3) is 0.850. The predicted molar refractivity (Wildman–Crippen MR) is 88.6 cm³/mol. The van der Waals surface area contributed by atoms with Crippen LogP contribution in [0, 0.1) is 29.1 Å². The van der Waals surface area contributed by atoms with Crippen molar-refractivity contribution in [1.29, 1.82) is 0 Å². The van der Waals surface area contributed by atoms with Gasteiger partial charge in [0.1, 0.15) is 5.60 Å². The Bertz CT molecular complexity index is 541. The minimum atomic E-state index is -0.281. The van der Waals surface area contributed by atoms with E-state index in [1.54, 1.807) is 0 Å². The molecule has 4 fully saturated rings. The average Bonchev–Trinajstić information content (AvgIpc) is 2.49. The van der Waals surface area contributed by atoms with Crippen molar-refractivity contribution in [3.05, 3.63) is 12.2 Å². The number of aliphatic hydroxyl groups excluding tert-OH is 1. The molecule has 1 heterocycles. The van der Waals surface area contributed by atoms with E-state index >= 15 is 0 Å². The van der Waals surface area contributed by atoms with Gasteiger partial charge in [0.15, 0.2) is 0 Å². The summed E-state index contributed by atoms with van der Waals surface area (Å²) in [6.45, 7) is 8.59. The van der Waals surface area contributed by atoms with E-state index in [4.69, 9.17) is 4.74 Å². The molecule has 7 atom stereocenters. The van der Waals surface area contributed by atoms with Gasteiger partial charge in [-0.05, 0) is 81.5 Å². The Hall–Kier alpha value is -0.830. The molecule has 128 valence electrons. The number of aliphatic hydroxyl groups is 1. The molecule has 0 radical (unpaired) electrons. The monoisotopic (exact) mass is 318 g/mol. The minimum Gasteiger partial charge on any atom is -0.456 e. The minimum absolute atomic E-state index is 0.0890. The first-order valence-corrected chi connectivity index (χ1v) is 9.43. The van der Waals surface area contributed by atoms with Gasteiger partial charge in [-0.25, -0.2) is 4.79 Å². The maximum Gasteiger partial charge on any atom is 0.333 e. The Morgan fingerprint density at radius 1 is 1.13 bits per heavy atom. The second kappa shape index (κ2) is 5.08. The Morgan fingerprint density at radius 3 is 2.70 bits per heavy atom. The summed E-state index contributed by atoms with van der Waals surface area (Å²) in [5, 5.41) is 10.1. The molecule has 0 spiro atoms. The SMILES string of the molecule is C=C1CC2C3CC[C@H]4CC(O)CCC4(C)C3CCC2(C)OC1=O. The third-order valence-corrected chi connectivity index (χ3v) is 8.05. The van der Waals surface area contributed by atoms with Crippen LogP contribution < -0.4 is 0 Å². The number of fused-ring (bicyclic) bond motifs is 5. The van der Waals surface area contributed by atoms with Crippen molar-refractivity contribution in [2.24, 2.45) is 29.1 Å². The normalized spacial score (nSPS) is 52.9. The predicted octanol–water partition coefficient (Wildman–Crippen LogP) is 3.85. The zero-order valence-electron chi connectivity index (χ0n) is 14.5. The fourth-order valence-electron chi connectivity index (χ4n) is 6.65. The van der Waals surface area contributed by atoms with Crippen LogP contribution in [0.1, 0.15) is 65.2 Å². The van der Waals surface area contributed by atoms with Gasteiger partial charge < -0.3 is 9.84 Å². The number of carbonyl (C=O) groups is 1. The molecule has 4 aliphatic rings. The van der Waals surface area contributed by atoms with Crippen LogP contribution >= 0.6 is 0 Å². The summed E-state index contributed by atoms with van der Waals surface area (Å²) < 4.78 is 5.85. The Kier molecular flexibility index (Phi) is 3.46. The molecule has 1 aliphatic heterocycles. The van der Waals surface area contributed by atoms with Gasteiger partial charge in [-0.1, -0.05) is 13.5 Å². The van der Waals surface area contributed by atoms with Crippen molar-refractivity contribution in [3.63, 3.8) is 0 Å². The lowest BCUT2D eigenvalue weighted by Crippen LogP contribution is -2.58. The highest BCUT2D eigenvalue weighted by molar-refractivity contribution is 5.89. The van der Waals surface area contributed by atoms with Crippen LogP contribution in [0.25, 0.3) is 0 Å². The third-order valence-electron chi connectivity index (χ3n) is 8.05. The molecule has 1 N–H and O–H groups in total. The van der Waals surface area contributed by atoms with E-state index in [-0.39, 0.29) is 17.7 Å². The van der Waals surface area contributed by atoms with E-state index < -0.39 is 0 Å². The molecule has 0 aromatic carbocycles. The lowest BCUT2D eigenvalue weighted by atomic mass is 9.45. The topological polar surface area (TPSA) is 46.5 Å². The Balaban J connectivity index is 1.63. The lowest BCUT2D eigenvalue weighted by molar-refractivity contribution is -0.195. The van der Waals surface area contributed by atoms with Gasteiger partial charge in [0.25, 0.3) is 0 Å². The van der Waals surface area contributed by atoms with E-state index in [1.807, 2.05) is 0 Å². The van der Waals surface area contributed by atoms with Gasteiger partial charge in [0.05, 0.1) is 6.10 Å². The Labute approximate surface area is 139 Å². The second-order valence-corrected chi connectivity index (χ2v) is 9.13. The maximum absolute atomic E-state index is 12.0. The molecule has 3 nitrogen and oxygen atoms in total. The first-order chi connectivity index (χ1) is 10.8. The number of hydrogen-bond donors (Lipinski definition) is 1. The summed E-state index contributed by atoms with van der Waals surface area (Å²) in [5.74, 6) is 2.30. The summed E-state index contributed by atoms with van der Waals surface area (Å²) in [7, 11) is 0. The third kappa shape index (κ3) is 2.22. The molecule has 1 saturated heterocycles. The van der Waals surface area contributed by atoms with Crippen LogP contribution in [-0.2, 0) is 9.53 Å². The average molecular weight is 318 g/mol. The lowest BCUT2D eigenvalue weighted by Gasteiger charge is -2.61. The van der Waals surface area contributed by atoms with E-state index in [0.29, 0.717) is 28.7 Å². The molecular weight excluding hydrogens is 288 g/mol. The van der Waals surface area contributed by atoms with Gasteiger partial charge in [-0.15, -0.1) is 0 Å². The highest BCUT2D eigenvalue weighted by Crippen LogP contribution is 2.63. The van der Waals surface area contributed by atoms with E-state index in [2.05, 4.69) is 20.4 Å². The zero-order valence-corrected chi connectivity index (χ0v) is 14.5. The molecule has 3 heteroatoms. The largest absolute Gasteiger partial charge is 0.456 e. The van der Waals surface area contributed by atoms with E-state index in [0.717, 1.165) is 38.0 Å². The van der Waals surface area contributed by atoms with E-state index in [9.17, 15) is 9.90 Å². The standard InChI is InChI=1S/C20H30O3/c1-12-10-17-15-5-4-13-11-14(21)6-8-19(13,2)16(15)7-9-20(17,3)23-18(12)22/h13-17,21H,1,4-11H2,2-3H3/t13-,14?,15?,16?,17?,19?,20?/m0/s1. The van der Waals surface area contributed by atoms with Crippen LogP contribution in [0.15, 0.2) is 12.2 Å². The van der Waals surface area contributed by atoms with Gasteiger partial charge in [-0.3, -0.25) is 0 Å². The smallest absolute Gasteiger partial charge is 0.333 e. The first kappa shape index (κ1) is 15.7. The summed E-state index contributed by atoms with van der Waals surface area (Å²) in [4.78, 5) is 12.0. The van der Waals surface area contributed by atoms with Crippen molar-refractivity contribution in [1.82, 2.24) is 0 Å². The van der Waals surface area contributed by atoms with Crippen LogP contribution in [0.3, 0.4) is 0 Å². The highest BCUT2D eigenvalue weighted by atomic mass is 16.6. The highest BCUT2D eigenvalue weighted by Gasteiger charge is 2.59. The number of rotatable bonds is 0. The summed E-state index contributed by atoms with van der Waals surface area (Å²) >= 11 is 0. The van der Waals surface area contributed by atoms with Crippen LogP contribution in [0.2, 0.25) is 0 Å². The molecule has 0 amide bonds. The fourth-order valence-corrected chi connectivity index (χ4v) is 6.65. The molecule has 0 aromatic heterocycles. The van der Waals surface area contributed by atoms with E-state index in [1.165, 1.54) is 19.3 Å². The van der Waals surface area contributed by atoms with Crippen molar-refractivity contribution < 1.29 is 14.6 Å². The number of esters is 1. The molecular formula is C20H30O3. The quantitative estimate of drug-likeness (QED) is 0.545. The molecule has 4 rings (SSSR count). The van der Waals surface area contributed by atoms with Crippen LogP contribution in [-0.4, -0.2) is 22.8 Å². The number of hydrogen-bond acceptors (Lipinski definition) is 3. The molecule has 3 aliphatic carbocycles. The molecule has 3 saturated carbocycles. The molecule has 0 aromatic rings. The zero-order chi connectivity index (χ0) is 16.4. The van der Waals surface area contributed by atoms with Crippen molar-refractivity contribution in [2.45, 2.75) is 76.9 Å². The van der Waals surface area contributed by atoms with Gasteiger partial charge in [0.2, 0.25) is 0 Å². The number of carbonyl (C=O) groups excluding carboxylic acids is 1. The summed E-state index contributed by atoms with van der Waals surface area (Å²) in [6.07, 6.45) is 8.44. The molecule has 23 heavy (non-hydrogen) atoms. The Morgan fingerprint density at radius 2 is 1.91 bits per heavy atom. The summed E-state index contributed by atoms with van der Waals surface area (Å²) in [5.41, 5.74) is 0.753. The van der Waals surface area contributed by atoms with Crippen molar-refractivity contribution in [3.8, 4) is 0 Å². The van der Waals surface area contributed by atoms with Crippen molar-refractivity contribution in [2.75, 3.05) is 0 Å². The summed E-state index contributed by atoms with van der Waals surface area (Å²) in [6, 6.07) is 0. The van der Waals surface area contributed by atoms with Gasteiger partial charge in [0, 0.05) is 11.5 Å². The first-order valence-electron chi connectivity index (χ1n) is 9.43. The maximum atomic E-state index is 12.0. The van der Waals surface area contributed by atoms with Gasteiger partial charge in [-0.2, -0.15) is 0 Å². The second-order valence-electron chi connectivity index (χ2n) is 9.13.